The molecule has 31 heavy (non-hydrogen) atoms. The number of Topliss-reactive ketones (excluding diaryl/α,β-unsaturated/α-hetero) is 1. The number of likely N-dealkylation sites (tertiary alicyclic amines) is 1. The molecule has 162 valence electrons. The number of anilines is 1. The molecule has 1 saturated heterocycles. The quantitative estimate of drug-likeness (QED) is 0.375. The fourth-order valence-electron chi connectivity index (χ4n) is 3.81. The Hall–Kier alpha value is -2.48. The highest BCUT2D eigenvalue weighted by molar-refractivity contribution is 7.16. The molecule has 0 bridgehead atoms. The molecule has 0 atom stereocenters. The Kier molecular flexibility index (Phi) is 7.17. The van der Waals surface area contributed by atoms with Crippen LogP contribution in [0.3, 0.4) is 0 Å². The second-order valence-electron chi connectivity index (χ2n) is 7.64. The Balaban J connectivity index is 1.13. The van der Waals surface area contributed by atoms with E-state index in [1.54, 1.807) is 41.1 Å². The molecule has 0 unspecified atom stereocenters. The van der Waals surface area contributed by atoms with E-state index in [0.29, 0.717) is 17.3 Å². The first-order chi connectivity index (χ1) is 15.1. The van der Waals surface area contributed by atoms with Crippen molar-refractivity contribution in [3.05, 3.63) is 58.6 Å². The van der Waals surface area contributed by atoms with Crippen molar-refractivity contribution in [3.8, 4) is 0 Å². The normalized spacial score (nSPS) is 15.1. The van der Waals surface area contributed by atoms with Gasteiger partial charge in [-0.3, -0.25) is 10.1 Å². The van der Waals surface area contributed by atoms with Gasteiger partial charge in [-0.2, -0.15) is 0 Å². The smallest absolute Gasteiger partial charge is 0.411 e. The third-order valence-corrected chi connectivity index (χ3v) is 6.58. The largest absolute Gasteiger partial charge is 0.449 e. The van der Waals surface area contributed by atoms with Crippen LogP contribution >= 0.6 is 22.9 Å². The summed E-state index contributed by atoms with van der Waals surface area (Å²) in [5.41, 5.74) is 4.05. The lowest BCUT2D eigenvalue weighted by Gasteiger charge is -2.31. The van der Waals surface area contributed by atoms with E-state index >= 15 is 0 Å². The van der Waals surface area contributed by atoms with E-state index in [9.17, 15) is 9.59 Å². The number of ketones is 1. The summed E-state index contributed by atoms with van der Waals surface area (Å²) in [6.45, 7) is 2.96. The number of carbonyl (C=O) groups is 2. The van der Waals surface area contributed by atoms with Gasteiger partial charge in [-0.05, 0) is 74.8 Å². The number of thiazole rings is 1. The van der Waals surface area contributed by atoms with Crippen LogP contribution in [0.5, 0.6) is 0 Å². The molecule has 0 spiro atoms. The fourth-order valence-corrected chi connectivity index (χ4v) is 4.60. The number of nitrogens with zero attached hydrogens (tertiary/aromatic N) is 2. The lowest BCUT2D eigenvalue weighted by molar-refractivity contribution is 0.0830. The predicted octanol–water partition coefficient (Wildman–Crippen LogP) is 5.48. The maximum Gasteiger partial charge on any atom is 0.411 e. The molecular weight excluding hydrogens is 434 g/mol. The molecule has 2 heterocycles. The van der Waals surface area contributed by atoms with Gasteiger partial charge in [0, 0.05) is 28.7 Å². The molecule has 2 aromatic carbocycles. The van der Waals surface area contributed by atoms with E-state index in [0.717, 1.165) is 54.7 Å². The van der Waals surface area contributed by atoms with E-state index in [4.69, 9.17) is 16.3 Å². The number of amides is 1. The van der Waals surface area contributed by atoms with Gasteiger partial charge in [-0.25, -0.2) is 9.78 Å². The topological polar surface area (TPSA) is 71.5 Å². The Morgan fingerprint density at radius 1 is 1.16 bits per heavy atom. The summed E-state index contributed by atoms with van der Waals surface area (Å²) in [7, 11) is 0. The van der Waals surface area contributed by atoms with Crippen molar-refractivity contribution in [1.82, 2.24) is 9.88 Å². The molecular formula is C23H24ClN3O3S. The minimum absolute atomic E-state index is 0.0644. The molecule has 3 aromatic rings. The highest BCUT2D eigenvalue weighted by Gasteiger charge is 2.25. The number of ether oxygens (including phenoxy) is 1. The molecule has 1 aliphatic rings. The Bertz CT molecular complexity index is 1050. The summed E-state index contributed by atoms with van der Waals surface area (Å²) < 4.78 is 6.38. The number of rotatable bonds is 7. The maximum absolute atomic E-state index is 12.6. The lowest BCUT2D eigenvalue weighted by atomic mass is 9.89. The van der Waals surface area contributed by atoms with Crippen LogP contribution in [0.15, 0.2) is 48.0 Å². The van der Waals surface area contributed by atoms with Gasteiger partial charge >= 0.3 is 6.09 Å². The van der Waals surface area contributed by atoms with Gasteiger partial charge in [0.25, 0.3) is 0 Å². The Morgan fingerprint density at radius 3 is 2.71 bits per heavy atom. The van der Waals surface area contributed by atoms with Crippen LogP contribution in [0.1, 0.15) is 29.6 Å². The van der Waals surface area contributed by atoms with Crippen molar-refractivity contribution in [1.29, 1.82) is 0 Å². The summed E-state index contributed by atoms with van der Waals surface area (Å²) in [5.74, 6) is 0.265. The van der Waals surface area contributed by atoms with Gasteiger partial charge in [-0.1, -0.05) is 11.6 Å². The number of carbonyl (C=O) groups excluding carboxylic acids is 2. The first-order valence-corrected chi connectivity index (χ1v) is 11.6. The van der Waals surface area contributed by atoms with Gasteiger partial charge < -0.3 is 9.64 Å². The molecule has 4 rings (SSSR count). The van der Waals surface area contributed by atoms with Crippen molar-refractivity contribution >= 4 is 50.7 Å². The zero-order chi connectivity index (χ0) is 21.6. The van der Waals surface area contributed by atoms with E-state index in [-0.39, 0.29) is 11.7 Å². The van der Waals surface area contributed by atoms with Crippen LogP contribution in [0.25, 0.3) is 10.2 Å². The third-order valence-electron chi connectivity index (χ3n) is 5.52. The van der Waals surface area contributed by atoms with Crippen molar-refractivity contribution in [2.75, 3.05) is 31.6 Å². The summed E-state index contributed by atoms with van der Waals surface area (Å²) in [6.07, 6.45) is 2.00. The molecule has 1 fully saturated rings. The highest BCUT2D eigenvalue weighted by atomic mass is 35.5. The SMILES string of the molecule is O=C(Nc1ccc2scnc2c1)OCCCN1CCC(C(=O)c2ccc(Cl)cc2)CC1. The minimum Gasteiger partial charge on any atom is -0.449 e. The number of benzene rings is 2. The van der Waals surface area contributed by atoms with Gasteiger partial charge in [0.05, 0.1) is 22.3 Å². The summed E-state index contributed by atoms with van der Waals surface area (Å²) >= 11 is 7.47. The number of piperidine rings is 1. The standard InChI is InChI=1S/C23H24ClN3O3S/c24-18-4-2-16(3-5-18)22(28)17-8-11-27(12-9-17)10-1-13-30-23(29)26-19-6-7-21-20(14-19)25-15-31-21/h2-7,14-15,17H,1,8-13H2,(H,26,29). The Labute approximate surface area is 190 Å². The van der Waals surface area contributed by atoms with Gasteiger partial charge in [0.15, 0.2) is 5.78 Å². The Morgan fingerprint density at radius 2 is 1.94 bits per heavy atom. The van der Waals surface area contributed by atoms with E-state index < -0.39 is 6.09 Å². The van der Waals surface area contributed by atoms with Gasteiger partial charge in [-0.15, -0.1) is 11.3 Å². The fraction of sp³-hybridized carbons (Fsp3) is 0.348. The lowest BCUT2D eigenvalue weighted by Crippen LogP contribution is -2.37. The van der Waals surface area contributed by atoms with Gasteiger partial charge in [0.2, 0.25) is 0 Å². The molecule has 1 aliphatic heterocycles. The van der Waals surface area contributed by atoms with Crippen molar-refractivity contribution in [2.45, 2.75) is 19.3 Å². The molecule has 1 aromatic heterocycles. The number of hydrogen-bond acceptors (Lipinski definition) is 6. The van der Waals surface area contributed by atoms with E-state index in [1.807, 2.05) is 18.2 Å². The first-order valence-electron chi connectivity index (χ1n) is 10.4. The number of halogens is 1. The summed E-state index contributed by atoms with van der Waals surface area (Å²) in [5, 5.41) is 3.39. The average molecular weight is 458 g/mol. The van der Waals surface area contributed by atoms with Crippen LogP contribution in [0, 0.1) is 5.92 Å². The van der Waals surface area contributed by atoms with E-state index in [2.05, 4.69) is 15.2 Å². The molecule has 0 radical (unpaired) electrons. The first kappa shape index (κ1) is 21.7. The second kappa shape index (κ2) is 10.2. The number of hydrogen-bond donors (Lipinski definition) is 1. The van der Waals surface area contributed by atoms with Crippen molar-refractivity contribution < 1.29 is 14.3 Å². The molecule has 8 heteroatoms. The molecule has 1 amide bonds. The van der Waals surface area contributed by atoms with Crippen LogP contribution in [0.2, 0.25) is 5.02 Å². The molecule has 0 aliphatic carbocycles. The van der Waals surface area contributed by atoms with Crippen LogP contribution in [0.4, 0.5) is 10.5 Å². The summed E-state index contributed by atoms with van der Waals surface area (Å²) in [6, 6.07) is 12.7. The number of aromatic nitrogens is 1. The molecule has 1 N–H and O–H groups in total. The molecule has 0 saturated carbocycles. The van der Waals surface area contributed by atoms with Crippen LogP contribution < -0.4 is 5.32 Å². The van der Waals surface area contributed by atoms with Gasteiger partial charge in [0.1, 0.15) is 0 Å². The predicted molar refractivity (Wildman–Crippen MR) is 124 cm³/mol. The zero-order valence-corrected chi connectivity index (χ0v) is 18.6. The monoisotopic (exact) mass is 457 g/mol. The zero-order valence-electron chi connectivity index (χ0n) is 17.1. The second-order valence-corrected chi connectivity index (χ2v) is 8.96. The minimum atomic E-state index is -0.457. The van der Waals surface area contributed by atoms with E-state index in [1.165, 1.54) is 0 Å². The highest BCUT2D eigenvalue weighted by Crippen LogP contribution is 2.23. The summed E-state index contributed by atoms with van der Waals surface area (Å²) in [4.78, 5) is 31.2. The number of fused-ring (bicyclic) bond motifs is 1. The number of nitrogens with one attached hydrogen (secondary N) is 1. The van der Waals surface area contributed by atoms with Crippen molar-refractivity contribution in [3.63, 3.8) is 0 Å². The molecule has 6 nitrogen and oxygen atoms in total. The average Bonchev–Trinajstić information content (AvgIpc) is 3.25. The maximum atomic E-state index is 12.6. The third kappa shape index (κ3) is 5.81. The van der Waals surface area contributed by atoms with Crippen LogP contribution in [-0.2, 0) is 4.74 Å². The van der Waals surface area contributed by atoms with Crippen molar-refractivity contribution in [2.24, 2.45) is 5.92 Å². The van der Waals surface area contributed by atoms with Crippen LogP contribution in [-0.4, -0.2) is 48.0 Å².